The number of ether oxygens (including phenoxy) is 1. The van der Waals surface area contributed by atoms with E-state index in [0.717, 1.165) is 19.4 Å². The van der Waals surface area contributed by atoms with Crippen molar-refractivity contribution in [1.29, 1.82) is 0 Å². The highest BCUT2D eigenvalue weighted by Crippen LogP contribution is 2.02. The van der Waals surface area contributed by atoms with E-state index < -0.39 is 11.9 Å². The van der Waals surface area contributed by atoms with Crippen molar-refractivity contribution in [2.24, 2.45) is 5.73 Å². The lowest BCUT2D eigenvalue weighted by Crippen LogP contribution is -2.36. The smallest absolute Gasteiger partial charge is 0.334 e. The summed E-state index contributed by atoms with van der Waals surface area (Å²) in [5, 5.41) is 0. The summed E-state index contributed by atoms with van der Waals surface area (Å²) in [5.41, 5.74) is 5.50. The van der Waals surface area contributed by atoms with Crippen LogP contribution in [0.25, 0.3) is 0 Å². The van der Waals surface area contributed by atoms with E-state index >= 15 is 0 Å². The van der Waals surface area contributed by atoms with Gasteiger partial charge in [0.15, 0.2) is 0 Å². The van der Waals surface area contributed by atoms with Gasteiger partial charge in [-0.2, -0.15) is 0 Å². The summed E-state index contributed by atoms with van der Waals surface area (Å²) in [6.45, 7) is 8.96. The number of hydrogen-bond acceptors (Lipinski definition) is 4. The molecule has 5 heteroatoms. The highest BCUT2D eigenvalue weighted by molar-refractivity contribution is 5.88. The molecule has 0 saturated heterocycles. The third-order valence-electron chi connectivity index (χ3n) is 2.19. The van der Waals surface area contributed by atoms with Crippen LogP contribution in [0.2, 0.25) is 0 Å². The summed E-state index contributed by atoms with van der Waals surface area (Å²) in [4.78, 5) is 24.1. The number of primary amides is 1. The molecule has 0 bridgehead atoms. The highest BCUT2D eigenvalue weighted by Gasteiger charge is 2.14. The molecule has 1 amide bonds. The second kappa shape index (κ2) is 8.75. The molecule has 0 aliphatic rings. The average molecular weight is 242 g/mol. The van der Waals surface area contributed by atoms with Crippen LogP contribution >= 0.6 is 0 Å². The SMILES string of the molecule is C=C(CN(CCCC)CC(N)=O)C(=O)OCC. The molecule has 0 heterocycles. The van der Waals surface area contributed by atoms with E-state index in [2.05, 4.69) is 13.5 Å². The van der Waals surface area contributed by atoms with Crippen LogP contribution in [0.5, 0.6) is 0 Å². The first-order chi connectivity index (χ1) is 8.01. The monoisotopic (exact) mass is 242 g/mol. The van der Waals surface area contributed by atoms with Gasteiger partial charge in [0.1, 0.15) is 0 Å². The zero-order valence-electron chi connectivity index (χ0n) is 10.7. The molecule has 0 atom stereocenters. The molecule has 0 rings (SSSR count). The lowest BCUT2D eigenvalue weighted by molar-refractivity contribution is -0.139. The average Bonchev–Trinajstić information content (AvgIpc) is 2.25. The number of rotatable bonds is 9. The molecule has 2 N–H and O–H groups in total. The third-order valence-corrected chi connectivity index (χ3v) is 2.19. The fourth-order valence-corrected chi connectivity index (χ4v) is 1.38. The summed E-state index contributed by atoms with van der Waals surface area (Å²) >= 11 is 0. The van der Waals surface area contributed by atoms with Crippen LogP contribution in [0.15, 0.2) is 12.2 Å². The maximum absolute atomic E-state index is 11.4. The molecule has 0 fully saturated rings. The molecule has 17 heavy (non-hydrogen) atoms. The van der Waals surface area contributed by atoms with Crippen LogP contribution in [0.4, 0.5) is 0 Å². The van der Waals surface area contributed by atoms with Crippen molar-refractivity contribution in [3.63, 3.8) is 0 Å². The van der Waals surface area contributed by atoms with Gasteiger partial charge in [-0.15, -0.1) is 0 Å². The molecule has 0 aromatic rings. The van der Waals surface area contributed by atoms with E-state index in [-0.39, 0.29) is 6.54 Å². The summed E-state index contributed by atoms with van der Waals surface area (Å²) in [7, 11) is 0. The Labute approximate surface area is 103 Å². The van der Waals surface area contributed by atoms with Gasteiger partial charge in [0.05, 0.1) is 13.2 Å². The number of carbonyl (C=O) groups excluding carboxylic acids is 2. The minimum absolute atomic E-state index is 0.137. The van der Waals surface area contributed by atoms with Gasteiger partial charge < -0.3 is 10.5 Å². The number of esters is 1. The molecule has 0 spiro atoms. The third kappa shape index (κ3) is 7.52. The molecule has 0 saturated carbocycles. The van der Waals surface area contributed by atoms with E-state index in [9.17, 15) is 9.59 Å². The van der Waals surface area contributed by atoms with E-state index in [1.54, 1.807) is 6.92 Å². The number of hydrogen-bond donors (Lipinski definition) is 1. The van der Waals surface area contributed by atoms with E-state index in [4.69, 9.17) is 10.5 Å². The number of nitrogens with zero attached hydrogens (tertiary/aromatic N) is 1. The van der Waals surface area contributed by atoms with Gasteiger partial charge >= 0.3 is 5.97 Å². The fourth-order valence-electron chi connectivity index (χ4n) is 1.38. The Bertz CT molecular complexity index is 277. The first-order valence-electron chi connectivity index (χ1n) is 5.86. The molecule has 0 aromatic heterocycles. The van der Waals surface area contributed by atoms with Crippen molar-refractivity contribution in [3.05, 3.63) is 12.2 Å². The Balaban J connectivity index is 4.25. The zero-order valence-corrected chi connectivity index (χ0v) is 10.7. The van der Waals surface area contributed by atoms with E-state index in [0.29, 0.717) is 18.7 Å². The van der Waals surface area contributed by atoms with Gasteiger partial charge in [0, 0.05) is 12.1 Å². The summed E-state index contributed by atoms with van der Waals surface area (Å²) < 4.78 is 4.83. The lowest BCUT2D eigenvalue weighted by atomic mass is 10.2. The second-order valence-corrected chi connectivity index (χ2v) is 3.85. The minimum atomic E-state index is -0.418. The molecule has 0 aliphatic heterocycles. The van der Waals surface area contributed by atoms with Crippen LogP contribution in [-0.4, -0.2) is 43.0 Å². The van der Waals surface area contributed by atoms with Crippen LogP contribution in [-0.2, 0) is 14.3 Å². The number of nitrogens with two attached hydrogens (primary N) is 1. The molecular weight excluding hydrogens is 220 g/mol. The quantitative estimate of drug-likeness (QED) is 0.477. The number of carbonyl (C=O) groups is 2. The molecule has 0 aliphatic carbocycles. The molecule has 5 nitrogen and oxygen atoms in total. The van der Waals surface area contributed by atoms with Crippen LogP contribution in [0, 0.1) is 0 Å². The van der Waals surface area contributed by atoms with E-state index in [1.807, 2.05) is 4.90 Å². The Hall–Kier alpha value is -1.36. The first kappa shape index (κ1) is 15.6. The predicted octanol–water partition coefficient (Wildman–Crippen LogP) is 0.693. The normalized spacial score (nSPS) is 10.3. The predicted molar refractivity (Wildman–Crippen MR) is 66.3 cm³/mol. The summed E-state index contributed by atoms with van der Waals surface area (Å²) in [5.74, 6) is -0.823. The van der Waals surface area contributed by atoms with Gasteiger partial charge in [0.2, 0.25) is 5.91 Å². The first-order valence-corrected chi connectivity index (χ1v) is 5.86. The van der Waals surface area contributed by atoms with Gasteiger partial charge in [-0.25, -0.2) is 4.79 Å². The van der Waals surface area contributed by atoms with Crippen molar-refractivity contribution in [2.45, 2.75) is 26.7 Å². The number of amides is 1. The molecular formula is C12H22N2O3. The largest absolute Gasteiger partial charge is 0.463 e. The van der Waals surface area contributed by atoms with E-state index in [1.165, 1.54) is 0 Å². The number of unbranched alkanes of at least 4 members (excludes halogenated alkanes) is 1. The lowest BCUT2D eigenvalue weighted by Gasteiger charge is -2.20. The van der Waals surface area contributed by atoms with Crippen molar-refractivity contribution in [1.82, 2.24) is 4.90 Å². The summed E-state index contributed by atoms with van der Waals surface area (Å²) in [6.07, 6.45) is 1.96. The van der Waals surface area contributed by atoms with Crippen LogP contribution in [0.3, 0.4) is 0 Å². The molecule has 0 aromatic carbocycles. The molecule has 0 unspecified atom stereocenters. The topological polar surface area (TPSA) is 72.6 Å². The maximum atomic E-state index is 11.4. The van der Waals surface area contributed by atoms with Gasteiger partial charge in [-0.05, 0) is 19.9 Å². The van der Waals surface area contributed by atoms with Crippen molar-refractivity contribution < 1.29 is 14.3 Å². The standard InChI is InChI=1S/C12H22N2O3/c1-4-6-7-14(9-11(13)15)8-10(3)12(16)17-5-2/h3-9H2,1-2H3,(H2,13,15). The maximum Gasteiger partial charge on any atom is 0.334 e. The Kier molecular flexibility index (Phi) is 8.05. The Morgan fingerprint density at radius 1 is 1.29 bits per heavy atom. The molecule has 98 valence electrons. The zero-order chi connectivity index (χ0) is 13.3. The fraction of sp³-hybridized carbons (Fsp3) is 0.667. The van der Waals surface area contributed by atoms with Crippen molar-refractivity contribution in [3.8, 4) is 0 Å². The summed E-state index contributed by atoms with van der Waals surface area (Å²) in [6, 6.07) is 0. The van der Waals surface area contributed by atoms with Crippen molar-refractivity contribution in [2.75, 3.05) is 26.2 Å². The second-order valence-electron chi connectivity index (χ2n) is 3.85. The van der Waals surface area contributed by atoms with Gasteiger partial charge in [-0.1, -0.05) is 19.9 Å². The van der Waals surface area contributed by atoms with Gasteiger partial charge in [0.25, 0.3) is 0 Å². The van der Waals surface area contributed by atoms with Crippen molar-refractivity contribution >= 4 is 11.9 Å². The highest BCUT2D eigenvalue weighted by atomic mass is 16.5. The van der Waals surface area contributed by atoms with Crippen LogP contribution < -0.4 is 5.73 Å². The van der Waals surface area contributed by atoms with Crippen LogP contribution in [0.1, 0.15) is 26.7 Å². The minimum Gasteiger partial charge on any atom is -0.463 e. The Morgan fingerprint density at radius 3 is 2.41 bits per heavy atom. The Morgan fingerprint density at radius 2 is 1.94 bits per heavy atom. The molecule has 0 radical (unpaired) electrons. The van der Waals surface area contributed by atoms with Gasteiger partial charge in [-0.3, -0.25) is 9.69 Å².